The fraction of sp³-hybridized carbons (Fsp3) is 0.250. The number of hydrogen-bond acceptors (Lipinski definition) is 5. The van der Waals surface area contributed by atoms with E-state index in [4.69, 9.17) is 5.73 Å². The fourth-order valence-corrected chi connectivity index (χ4v) is 3.33. The SMILES string of the molecule is Nc1ccc2ncnc(N(Cc3cccs3)C3CC3)c2c1. The lowest BCUT2D eigenvalue weighted by molar-refractivity contribution is 0.789. The number of anilines is 2. The van der Waals surface area contributed by atoms with Gasteiger partial charge in [-0.1, -0.05) is 6.07 Å². The fourth-order valence-electron chi connectivity index (χ4n) is 2.62. The number of fused-ring (bicyclic) bond motifs is 1. The minimum Gasteiger partial charge on any atom is -0.399 e. The molecular weight excluding hydrogens is 280 g/mol. The van der Waals surface area contributed by atoms with Crippen LogP contribution in [0, 0.1) is 0 Å². The van der Waals surface area contributed by atoms with Gasteiger partial charge in [0.1, 0.15) is 12.1 Å². The Morgan fingerprint density at radius 3 is 2.90 bits per heavy atom. The summed E-state index contributed by atoms with van der Waals surface area (Å²) >= 11 is 1.79. The Morgan fingerprint density at radius 2 is 2.14 bits per heavy atom. The lowest BCUT2D eigenvalue weighted by Gasteiger charge is -2.24. The van der Waals surface area contributed by atoms with E-state index in [1.54, 1.807) is 17.7 Å². The van der Waals surface area contributed by atoms with Gasteiger partial charge in [-0.25, -0.2) is 9.97 Å². The summed E-state index contributed by atoms with van der Waals surface area (Å²) in [4.78, 5) is 12.7. The van der Waals surface area contributed by atoms with E-state index in [9.17, 15) is 0 Å². The standard InChI is InChI=1S/C16H16N4S/c17-11-3-6-15-14(8-11)16(19-10-18-15)20(12-4-5-12)9-13-2-1-7-21-13/h1-3,6-8,10,12H,4-5,9,17H2. The van der Waals surface area contributed by atoms with Crippen LogP contribution in [0.5, 0.6) is 0 Å². The molecule has 0 radical (unpaired) electrons. The molecule has 1 aromatic carbocycles. The highest BCUT2D eigenvalue weighted by atomic mass is 32.1. The molecule has 106 valence electrons. The predicted molar refractivity (Wildman–Crippen MR) is 87.5 cm³/mol. The summed E-state index contributed by atoms with van der Waals surface area (Å²) in [5, 5.41) is 3.16. The van der Waals surface area contributed by atoms with Gasteiger partial charge in [-0.05, 0) is 42.5 Å². The zero-order valence-electron chi connectivity index (χ0n) is 11.6. The van der Waals surface area contributed by atoms with Crippen LogP contribution < -0.4 is 10.6 Å². The first-order chi connectivity index (χ1) is 10.3. The minimum absolute atomic E-state index is 0.589. The molecule has 1 aliphatic rings. The van der Waals surface area contributed by atoms with Crippen LogP contribution in [0.25, 0.3) is 10.9 Å². The molecule has 0 aliphatic heterocycles. The number of benzene rings is 1. The smallest absolute Gasteiger partial charge is 0.140 e. The third-order valence-electron chi connectivity index (χ3n) is 3.80. The van der Waals surface area contributed by atoms with E-state index in [0.29, 0.717) is 6.04 Å². The van der Waals surface area contributed by atoms with E-state index >= 15 is 0 Å². The third-order valence-corrected chi connectivity index (χ3v) is 4.67. The molecule has 4 nitrogen and oxygen atoms in total. The van der Waals surface area contributed by atoms with Crippen molar-refractivity contribution in [3.05, 3.63) is 46.9 Å². The van der Waals surface area contributed by atoms with Gasteiger partial charge in [-0.2, -0.15) is 0 Å². The monoisotopic (exact) mass is 296 g/mol. The quantitative estimate of drug-likeness (QED) is 0.749. The molecule has 1 aliphatic carbocycles. The molecule has 5 heteroatoms. The molecule has 4 rings (SSSR count). The van der Waals surface area contributed by atoms with E-state index in [2.05, 4.69) is 32.4 Å². The van der Waals surface area contributed by atoms with Crippen molar-refractivity contribution in [3.8, 4) is 0 Å². The Kier molecular flexibility index (Phi) is 3.00. The van der Waals surface area contributed by atoms with Crippen LogP contribution in [0.1, 0.15) is 17.7 Å². The first-order valence-electron chi connectivity index (χ1n) is 7.10. The van der Waals surface area contributed by atoms with Gasteiger partial charge in [0.05, 0.1) is 12.1 Å². The summed E-state index contributed by atoms with van der Waals surface area (Å²) in [6, 6.07) is 10.7. The Balaban J connectivity index is 1.80. The number of nitrogens with zero attached hydrogens (tertiary/aromatic N) is 3. The highest BCUT2D eigenvalue weighted by molar-refractivity contribution is 7.09. The maximum atomic E-state index is 5.95. The second-order valence-corrected chi connectivity index (χ2v) is 6.44. The van der Waals surface area contributed by atoms with Crippen LogP contribution >= 0.6 is 11.3 Å². The second kappa shape index (κ2) is 5.00. The van der Waals surface area contributed by atoms with Crippen LogP contribution in [0.4, 0.5) is 11.5 Å². The van der Waals surface area contributed by atoms with Crippen LogP contribution in [-0.4, -0.2) is 16.0 Å². The van der Waals surface area contributed by atoms with Crippen molar-refractivity contribution in [1.82, 2.24) is 9.97 Å². The molecule has 0 amide bonds. The molecule has 2 aromatic heterocycles. The summed E-state index contributed by atoms with van der Waals surface area (Å²) in [5.41, 5.74) is 7.65. The van der Waals surface area contributed by atoms with Crippen molar-refractivity contribution in [2.45, 2.75) is 25.4 Å². The summed E-state index contributed by atoms with van der Waals surface area (Å²) in [6.45, 7) is 0.906. The predicted octanol–water partition coefficient (Wildman–Crippen LogP) is 3.44. The van der Waals surface area contributed by atoms with Gasteiger partial charge in [-0.15, -0.1) is 11.3 Å². The van der Waals surface area contributed by atoms with Crippen molar-refractivity contribution < 1.29 is 0 Å². The van der Waals surface area contributed by atoms with E-state index < -0.39 is 0 Å². The molecule has 21 heavy (non-hydrogen) atoms. The number of rotatable bonds is 4. The number of thiophene rings is 1. The van der Waals surface area contributed by atoms with Crippen molar-refractivity contribution in [3.63, 3.8) is 0 Å². The Morgan fingerprint density at radius 1 is 1.24 bits per heavy atom. The summed E-state index contributed by atoms with van der Waals surface area (Å²) < 4.78 is 0. The second-order valence-electron chi connectivity index (χ2n) is 5.41. The first-order valence-corrected chi connectivity index (χ1v) is 7.98. The Bertz CT molecular complexity index is 765. The van der Waals surface area contributed by atoms with Gasteiger partial charge in [0, 0.05) is 22.0 Å². The molecule has 0 spiro atoms. The summed E-state index contributed by atoms with van der Waals surface area (Å²) in [5.74, 6) is 1.00. The van der Waals surface area contributed by atoms with Gasteiger partial charge in [0.2, 0.25) is 0 Å². The highest BCUT2D eigenvalue weighted by Gasteiger charge is 2.31. The normalized spacial score (nSPS) is 14.5. The average Bonchev–Trinajstić information content (AvgIpc) is 3.21. The van der Waals surface area contributed by atoms with Gasteiger partial charge < -0.3 is 10.6 Å². The number of nitrogens with two attached hydrogens (primary N) is 1. The number of nitrogen functional groups attached to an aromatic ring is 1. The van der Waals surface area contributed by atoms with Crippen molar-refractivity contribution >= 4 is 33.7 Å². The molecule has 0 saturated heterocycles. The van der Waals surface area contributed by atoms with Crippen LogP contribution in [-0.2, 0) is 6.54 Å². The summed E-state index contributed by atoms with van der Waals surface area (Å²) in [7, 11) is 0. The van der Waals surface area contributed by atoms with Crippen LogP contribution in [0.15, 0.2) is 42.0 Å². The molecule has 1 fully saturated rings. The van der Waals surface area contributed by atoms with Gasteiger partial charge in [-0.3, -0.25) is 0 Å². The van der Waals surface area contributed by atoms with Gasteiger partial charge in [0.15, 0.2) is 0 Å². The minimum atomic E-state index is 0.589. The Labute approximate surface area is 127 Å². The van der Waals surface area contributed by atoms with E-state index in [1.165, 1.54) is 17.7 Å². The largest absolute Gasteiger partial charge is 0.399 e. The van der Waals surface area contributed by atoms with Crippen LogP contribution in [0.2, 0.25) is 0 Å². The van der Waals surface area contributed by atoms with Crippen molar-refractivity contribution in [2.75, 3.05) is 10.6 Å². The lowest BCUT2D eigenvalue weighted by atomic mass is 10.2. The maximum absolute atomic E-state index is 5.95. The van der Waals surface area contributed by atoms with Gasteiger partial charge >= 0.3 is 0 Å². The molecule has 0 atom stereocenters. The van der Waals surface area contributed by atoms with Crippen molar-refractivity contribution in [1.29, 1.82) is 0 Å². The molecule has 2 heterocycles. The molecule has 2 N–H and O–H groups in total. The maximum Gasteiger partial charge on any atom is 0.140 e. The molecular formula is C16H16N4S. The number of aromatic nitrogens is 2. The van der Waals surface area contributed by atoms with Crippen molar-refractivity contribution in [2.24, 2.45) is 0 Å². The molecule has 3 aromatic rings. The zero-order chi connectivity index (χ0) is 14.2. The van der Waals surface area contributed by atoms with E-state index in [-0.39, 0.29) is 0 Å². The average molecular weight is 296 g/mol. The lowest BCUT2D eigenvalue weighted by Crippen LogP contribution is -2.25. The first kappa shape index (κ1) is 12.6. The molecule has 1 saturated carbocycles. The Hall–Kier alpha value is -2.14. The highest BCUT2D eigenvalue weighted by Crippen LogP contribution is 2.36. The topological polar surface area (TPSA) is 55.0 Å². The zero-order valence-corrected chi connectivity index (χ0v) is 12.4. The van der Waals surface area contributed by atoms with Crippen LogP contribution in [0.3, 0.4) is 0 Å². The summed E-state index contributed by atoms with van der Waals surface area (Å²) in [6.07, 6.45) is 4.12. The molecule has 0 unspecified atom stereocenters. The van der Waals surface area contributed by atoms with E-state index in [0.717, 1.165) is 29.0 Å². The molecule has 0 bridgehead atoms. The third kappa shape index (κ3) is 2.45. The van der Waals surface area contributed by atoms with Gasteiger partial charge in [0.25, 0.3) is 0 Å². The number of hydrogen-bond donors (Lipinski definition) is 1. The van der Waals surface area contributed by atoms with E-state index in [1.807, 2.05) is 18.2 Å².